The number of rotatable bonds is 6. The molecule has 33 heavy (non-hydrogen) atoms. The average molecular weight is 443 g/mol. The number of fused-ring (bicyclic) bond motifs is 1. The van der Waals surface area contributed by atoms with E-state index >= 15 is 0 Å². The van der Waals surface area contributed by atoms with Crippen LogP contribution >= 0.6 is 0 Å². The first kappa shape index (κ1) is 21.8. The molecule has 4 rings (SSSR count). The number of benzene rings is 3. The zero-order chi connectivity index (χ0) is 23.4. The Bertz CT molecular complexity index is 1200. The molecule has 0 fully saturated rings. The van der Waals surface area contributed by atoms with Crippen LogP contribution in [0.3, 0.4) is 0 Å². The van der Waals surface area contributed by atoms with Gasteiger partial charge < -0.3 is 4.74 Å². The molecular formula is C25H21N3O5. The molecule has 4 amide bonds. The Morgan fingerprint density at radius 3 is 2.00 bits per heavy atom. The highest BCUT2D eigenvalue weighted by Gasteiger charge is 2.35. The van der Waals surface area contributed by atoms with E-state index in [1.54, 1.807) is 72.8 Å². The third kappa shape index (κ3) is 4.59. The topological polar surface area (TPSA) is 105 Å². The second kappa shape index (κ2) is 9.35. The Hall–Kier alpha value is -4.46. The summed E-state index contributed by atoms with van der Waals surface area (Å²) in [5.74, 6) is -1.10. The lowest BCUT2D eigenvalue weighted by molar-refractivity contribution is 0.0642. The first-order valence-electron chi connectivity index (χ1n) is 10.4. The van der Waals surface area contributed by atoms with Gasteiger partial charge in [0, 0.05) is 11.1 Å². The largest absolute Gasteiger partial charge is 0.494 e. The lowest BCUT2D eigenvalue weighted by Crippen LogP contribution is -2.41. The van der Waals surface area contributed by atoms with Crippen molar-refractivity contribution in [2.24, 2.45) is 0 Å². The van der Waals surface area contributed by atoms with Crippen molar-refractivity contribution in [1.82, 2.24) is 15.8 Å². The van der Waals surface area contributed by atoms with E-state index in [0.717, 1.165) is 4.90 Å². The van der Waals surface area contributed by atoms with Crippen molar-refractivity contribution in [3.05, 3.63) is 101 Å². The van der Waals surface area contributed by atoms with Gasteiger partial charge in [-0.3, -0.25) is 34.9 Å². The molecule has 8 nitrogen and oxygen atoms in total. The van der Waals surface area contributed by atoms with Crippen molar-refractivity contribution in [3.8, 4) is 5.75 Å². The molecule has 1 aliphatic heterocycles. The average Bonchev–Trinajstić information content (AvgIpc) is 3.08. The van der Waals surface area contributed by atoms with Gasteiger partial charge >= 0.3 is 0 Å². The van der Waals surface area contributed by atoms with Gasteiger partial charge in [0.15, 0.2) is 0 Å². The molecule has 1 aliphatic rings. The number of hydrazine groups is 1. The Balaban J connectivity index is 1.38. The van der Waals surface area contributed by atoms with E-state index in [1.807, 2.05) is 6.92 Å². The summed E-state index contributed by atoms with van der Waals surface area (Å²) in [7, 11) is 0. The van der Waals surface area contributed by atoms with E-state index in [9.17, 15) is 19.2 Å². The van der Waals surface area contributed by atoms with Crippen LogP contribution in [0.25, 0.3) is 0 Å². The van der Waals surface area contributed by atoms with Crippen LogP contribution in [0.5, 0.6) is 5.75 Å². The summed E-state index contributed by atoms with van der Waals surface area (Å²) >= 11 is 0. The highest BCUT2D eigenvalue weighted by atomic mass is 16.5. The fraction of sp³-hybridized carbons (Fsp3) is 0.120. The van der Waals surface area contributed by atoms with Crippen molar-refractivity contribution >= 4 is 23.6 Å². The molecule has 0 saturated carbocycles. The molecule has 1 heterocycles. The number of nitrogens with zero attached hydrogens (tertiary/aromatic N) is 1. The van der Waals surface area contributed by atoms with Gasteiger partial charge in [-0.1, -0.05) is 24.3 Å². The van der Waals surface area contributed by atoms with Crippen molar-refractivity contribution in [2.45, 2.75) is 13.5 Å². The summed E-state index contributed by atoms with van der Waals surface area (Å²) in [6, 6.07) is 19.7. The summed E-state index contributed by atoms with van der Waals surface area (Å²) in [5.41, 5.74) is 6.72. The van der Waals surface area contributed by atoms with E-state index in [-0.39, 0.29) is 23.9 Å². The number of carbonyl (C=O) groups is 4. The normalized spacial score (nSPS) is 12.3. The van der Waals surface area contributed by atoms with Gasteiger partial charge in [0.2, 0.25) is 0 Å². The van der Waals surface area contributed by atoms with E-state index in [2.05, 4.69) is 10.9 Å². The third-order valence-electron chi connectivity index (χ3n) is 5.13. The molecule has 0 atom stereocenters. The molecule has 166 valence electrons. The molecule has 0 saturated heterocycles. The molecule has 8 heteroatoms. The third-order valence-corrected chi connectivity index (χ3v) is 5.13. The first-order chi connectivity index (χ1) is 16.0. The standard InChI is InChI=1S/C25H21N3O5/c1-2-33-19-12-10-17(11-13-19)22(29)26-27-23(30)18-7-5-6-16(14-18)15-28-24(31)20-8-3-4-9-21(20)25(28)32/h3-14H,2,15H2,1H3,(H,26,29)(H,27,30). The Morgan fingerprint density at radius 2 is 1.39 bits per heavy atom. The van der Waals surface area contributed by atoms with Gasteiger partial charge in [-0.05, 0) is 61.0 Å². The van der Waals surface area contributed by atoms with Crippen molar-refractivity contribution < 1.29 is 23.9 Å². The maximum absolute atomic E-state index is 12.6. The fourth-order valence-corrected chi connectivity index (χ4v) is 3.50. The maximum atomic E-state index is 12.6. The fourth-order valence-electron chi connectivity index (χ4n) is 3.50. The molecule has 0 aliphatic carbocycles. The zero-order valence-electron chi connectivity index (χ0n) is 17.8. The number of ether oxygens (including phenoxy) is 1. The van der Waals surface area contributed by atoms with Gasteiger partial charge in [-0.15, -0.1) is 0 Å². The van der Waals surface area contributed by atoms with Gasteiger partial charge in [0.25, 0.3) is 23.6 Å². The van der Waals surface area contributed by atoms with Crippen molar-refractivity contribution in [3.63, 3.8) is 0 Å². The highest BCUT2D eigenvalue weighted by molar-refractivity contribution is 6.21. The van der Waals surface area contributed by atoms with Crippen molar-refractivity contribution in [1.29, 1.82) is 0 Å². The van der Waals surface area contributed by atoms with Crippen molar-refractivity contribution in [2.75, 3.05) is 6.61 Å². The van der Waals surface area contributed by atoms with E-state index in [1.165, 1.54) is 0 Å². The molecule has 0 radical (unpaired) electrons. The summed E-state index contributed by atoms with van der Waals surface area (Å²) in [6.07, 6.45) is 0. The number of amides is 4. The second-order valence-electron chi connectivity index (χ2n) is 7.31. The number of nitrogens with one attached hydrogen (secondary N) is 2. The molecule has 0 unspecified atom stereocenters. The van der Waals surface area contributed by atoms with Gasteiger partial charge in [-0.25, -0.2) is 0 Å². The quantitative estimate of drug-likeness (QED) is 0.450. The predicted octanol–water partition coefficient (Wildman–Crippen LogP) is 2.96. The molecule has 2 N–H and O–H groups in total. The minimum absolute atomic E-state index is 0.0337. The minimum atomic E-state index is -0.529. The van der Waals surface area contributed by atoms with Crippen LogP contribution in [0.15, 0.2) is 72.8 Å². The van der Waals surface area contributed by atoms with Gasteiger partial charge in [-0.2, -0.15) is 0 Å². The van der Waals surface area contributed by atoms with Gasteiger partial charge in [0.1, 0.15) is 5.75 Å². The smallest absolute Gasteiger partial charge is 0.269 e. The monoisotopic (exact) mass is 443 g/mol. The number of hydrogen-bond acceptors (Lipinski definition) is 5. The lowest BCUT2D eigenvalue weighted by Gasteiger charge is -2.14. The first-order valence-corrected chi connectivity index (χ1v) is 10.4. The molecule has 3 aromatic carbocycles. The molecule has 3 aromatic rings. The van der Waals surface area contributed by atoms with Crippen LogP contribution in [0.1, 0.15) is 53.9 Å². The summed E-state index contributed by atoms with van der Waals surface area (Å²) < 4.78 is 5.34. The van der Waals surface area contributed by atoms with Gasteiger partial charge in [0.05, 0.1) is 24.3 Å². The van der Waals surface area contributed by atoms with E-state index in [0.29, 0.717) is 34.6 Å². The zero-order valence-corrected chi connectivity index (χ0v) is 17.8. The van der Waals surface area contributed by atoms with Crippen LogP contribution in [0, 0.1) is 0 Å². The molecule has 0 spiro atoms. The van der Waals surface area contributed by atoms with Crippen LogP contribution < -0.4 is 15.6 Å². The highest BCUT2D eigenvalue weighted by Crippen LogP contribution is 2.24. The van der Waals surface area contributed by atoms with E-state index in [4.69, 9.17) is 4.74 Å². The number of imide groups is 1. The molecule has 0 aromatic heterocycles. The summed E-state index contributed by atoms with van der Waals surface area (Å²) in [6.45, 7) is 2.42. The van der Waals surface area contributed by atoms with Crippen LogP contribution in [0.4, 0.5) is 0 Å². The van der Waals surface area contributed by atoms with E-state index < -0.39 is 11.8 Å². The van der Waals surface area contributed by atoms with Crippen LogP contribution in [0.2, 0.25) is 0 Å². The van der Waals surface area contributed by atoms with Crippen LogP contribution in [-0.4, -0.2) is 35.1 Å². The molecule has 0 bridgehead atoms. The SMILES string of the molecule is CCOc1ccc(C(=O)NNC(=O)c2cccc(CN3C(=O)c4ccccc4C3=O)c2)cc1. The number of hydrogen-bond donors (Lipinski definition) is 2. The van der Waals surface area contributed by atoms with Crippen LogP contribution in [-0.2, 0) is 6.54 Å². The maximum Gasteiger partial charge on any atom is 0.269 e. The Labute approximate surface area is 190 Å². The lowest BCUT2D eigenvalue weighted by atomic mass is 10.1. The Kier molecular flexibility index (Phi) is 6.17. The molecular weight excluding hydrogens is 422 g/mol. The Morgan fingerprint density at radius 1 is 0.788 bits per heavy atom. The summed E-state index contributed by atoms with van der Waals surface area (Å²) in [4.78, 5) is 51.1. The second-order valence-corrected chi connectivity index (χ2v) is 7.31. The number of carbonyl (C=O) groups excluding carboxylic acids is 4. The summed E-state index contributed by atoms with van der Waals surface area (Å²) in [5, 5.41) is 0. The minimum Gasteiger partial charge on any atom is -0.494 e. The predicted molar refractivity (Wildman–Crippen MR) is 120 cm³/mol.